The Morgan fingerprint density at radius 3 is 2.79 bits per heavy atom. The van der Waals surface area contributed by atoms with Crippen LogP contribution in [0.5, 0.6) is 0 Å². The van der Waals surface area contributed by atoms with Gasteiger partial charge in [-0.25, -0.2) is 0 Å². The number of benzene rings is 1. The van der Waals surface area contributed by atoms with Gasteiger partial charge in [0.2, 0.25) is 0 Å². The Morgan fingerprint density at radius 1 is 1.42 bits per heavy atom. The van der Waals surface area contributed by atoms with Gasteiger partial charge in [-0.15, -0.1) is 0 Å². The average molecular weight is 259 g/mol. The zero-order chi connectivity index (χ0) is 13.8. The summed E-state index contributed by atoms with van der Waals surface area (Å²) < 4.78 is 4.72. The molecule has 1 amide bonds. The Labute approximate surface area is 112 Å². The lowest BCUT2D eigenvalue weighted by Gasteiger charge is -2.26. The lowest BCUT2D eigenvalue weighted by Crippen LogP contribution is -2.36. The largest absolute Gasteiger partial charge is 0.399 e. The zero-order valence-corrected chi connectivity index (χ0v) is 11.0. The molecule has 5 heteroatoms. The van der Waals surface area contributed by atoms with Crippen LogP contribution in [0.3, 0.4) is 0 Å². The van der Waals surface area contributed by atoms with E-state index in [1.807, 2.05) is 38.1 Å². The van der Waals surface area contributed by atoms with Crippen LogP contribution in [0.4, 0.5) is 5.69 Å². The molecule has 2 N–H and O–H groups in total. The first kappa shape index (κ1) is 13.1. The quantitative estimate of drug-likeness (QED) is 0.855. The molecule has 2 aromatic rings. The maximum atomic E-state index is 12.3. The molecule has 0 atom stereocenters. The number of nitrogen functional groups attached to an aromatic ring is 1. The van der Waals surface area contributed by atoms with Crippen LogP contribution < -0.4 is 5.73 Å². The normalized spacial score (nSPS) is 10.7. The third-order valence-electron chi connectivity index (χ3n) is 2.85. The van der Waals surface area contributed by atoms with E-state index in [-0.39, 0.29) is 11.9 Å². The third kappa shape index (κ3) is 3.13. The SMILES string of the molecule is CC(C)N(Cc1cccc(N)c1)C(=O)c1ccon1. The van der Waals surface area contributed by atoms with E-state index in [2.05, 4.69) is 5.16 Å². The molecule has 19 heavy (non-hydrogen) atoms. The standard InChI is InChI=1S/C14H17N3O2/c1-10(2)17(14(18)13-6-7-19-16-13)9-11-4-3-5-12(15)8-11/h3-8,10H,9,15H2,1-2H3. The van der Waals surface area contributed by atoms with Crippen molar-refractivity contribution in [2.45, 2.75) is 26.4 Å². The Balaban J connectivity index is 2.19. The van der Waals surface area contributed by atoms with E-state index >= 15 is 0 Å². The van der Waals surface area contributed by atoms with Crippen molar-refractivity contribution in [1.29, 1.82) is 0 Å². The maximum Gasteiger partial charge on any atom is 0.276 e. The van der Waals surface area contributed by atoms with Crippen molar-refractivity contribution < 1.29 is 9.32 Å². The molecule has 0 saturated carbocycles. The van der Waals surface area contributed by atoms with E-state index in [0.717, 1.165) is 5.56 Å². The topological polar surface area (TPSA) is 72.4 Å². The summed E-state index contributed by atoms with van der Waals surface area (Å²) in [5.41, 5.74) is 7.75. The van der Waals surface area contributed by atoms with Gasteiger partial charge in [-0.2, -0.15) is 0 Å². The molecule has 1 heterocycles. The van der Waals surface area contributed by atoms with Crippen molar-refractivity contribution in [2.24, 2.45) is 0 Å². The maximum absolute atomic E-state index is 12.3. The zero-order valence-electron chi connectivity index (χ0n) is 11.0. The fraction of sp³-hybridized carbons (Fsp3) is 0.286. The van der Waals surface area contributed by atoms with E-state index in [4.69, 9.17) is 10.3 Å². The molecule has 1 aromatic carbocycles. The molecule has 1 aromatic heterocycles. The molecular formula is C14H17N3O2. The third-order valence-corrected chi connectivity index (χ3v) is 2.85. The van der Waals surface area contributed by atoms with E-state index in [1.165, 1.54) is 6.26 Å². The molecule has 5 nitrogen and oxygen atoms in total. The van der Waals surface area contributed by atoms with Crippen LogP contribution in [-0.4, -0.2) is 22.0 Å². The molecule has 0 bridgehead atoms. The number of nitrogens with two attached hydrogens (primary N) is 1. The lowest BCUT2D eigenvalue weighted by molar-refractivity contribution is 0.0679. The molecule has 2 rings (SSSR count). The van der Waals surface area contributed by atoms with Crippen LogP contribution in [0.25, 0.3) is 0 Å². The number of carbonyl (C=O) groups is 1. The Hall–Kier alpha value is -2.30. The van der Waals surface area contributed by atoms with Gasteiger partial charge in [-0.1, -0.05) is 17.3 Å². The Bertz CT molecular complexity index is 550. The number of hydrogen-bond acceptors (Lipinski definition) is 4. The van der Waals surface area contributed by atoms with Crippen molar-refractivity contribution in [2.75, 3.05) is 5.73 Å². The Kier molecular flexibility index (Phi) is 3.85. The Morgan fingerprint density at radius 2 is 2.21 bits per heavy atom. The predicted molar refractivity (Wildman–Crippen MR) is 72.4 cm³/mol. The highest BCUT2D eigenvalue weighted by Crippen LogP contribution is 2.14. The fourth-order valence-corrected chi connectivity index (χ4v) is 1.85. The van der Waals surface area contributed by atoms with Crippen molar-refractivity contribution >= 4 is 11.6 Å². The highest BCUT2D eigenvalue weighted by molar-refractivity contribution is 5.92. The number of anilines is 1. The molecule has 0 radical (unpaired) electrons. The van der Waals surface area contributed by atoms with Crippen molar-refractivity contribution in [1.82, 2.24) is 10.1 Å². The minimum Gasteiger partial charge on any atom is -0.399 e. The van der Waals surface area contributed by atoms with Crippen molar-refractivity contribution in [3.05, 3.63) is 47.9 Å². The van der Waals surface area contributed by atoms with Crippen LogP contribution >= 0.6 is 0 Å². The number of hydrogen-bond donors (Lipinski definition) is 1. The summed E-state index contributed by atoms with van der Waals surface area (Å²) in [4.78, 5) is 14.0. The van der Waals surface area contributed by atoms with Gasteiger partial charge in [0.25, 0.3) is 5.91 Å². The van der Waals surface area contributed by atoms with Gasteiger partial charge in [-0.3, -0.25) is 4.79 Å². The molecule has 0 aliphatic rings. The van der Waals surface area contributed by atoms with Crippen LogP contribution in [-0.2, 0) is 6.54 Å². The highest BCUT2D eigenvalue weighted by atomic mass is 16.5. The van der Waals surface area contributed by atoms with Crippen LogP contribution in [0.15, 0.2) is 41.1 Å². The minimum absolute atomic E-state index is 0.0608. The van der Waals surface area contributed by atoms with E-state index < -0.39 is 0 Å². The second-order valence-electron chi connectivity index (χ2n) is 4.66. The summed E-state index contributed by atoms with van der Waals surface area (Å²) in [6, 6.07) is 9.14. The van der Waals surface area contributed by atoms with Gasteiger partial charge in [0.1, 0.15) is 6.26 Å². The van der Waals surface area contributed by atoms with E-state index in [1.54, 1.807) is 11.0 Å². The van der Waals surface area contributed by atoms with Crippen LogP contribution in [0.1, 0.15) is 29.9 Å². The highest BCUT2D eigenvalue weighted by Gasteiger charge is 2.21. The van der Waals surface area contributed by atoms with Crippen LogP contribution in [0, 0.1) is 0 Å². The number of amides is 1. The van der Waals surface area contributed by atoms with Gasteiger partial charge >= 0.3 is 0 Å². The molecule has 100 valence electrons. The summed E-state index contributed by atoms with van der Waals surface area (Å²) in [5.74, 6) is -0.147. The molecule has 0 aliphatic heterocycles. The fourth-order valence-electron chi connectivity index (χ4n) is 1.85. The first-order chi connectivity index (χ1) is 9.08. The first-order valence-electron chi connectivity index (χ1n) is 6.13. The summed E-state index contributed by atoms with van der Waals surface area (Å²) in [5, 5.41) is 3.69. The minimum atomic E-state index is -0.147. The van der Waals surface area contributed by atoms with Crippen molar-refractivity contribution in [3.63, 3.8) is 0 Å². The number of nitrogens with zero attached hydrogens (tertiary/aromatic N) is 2. The molecule has 0 saturated heterocycles. The summed E-state index contributed by atoms with van der Waals surface area (Å²) in [6.07, 6.45) is 1.40. The van der Waals surface area contributed by atoms with Gasteiger partial charge in [0.15, 0.2) is 5.69 Å². The average Bonchev–Trinajstić information content (AvgIpc) is 2.88. The second kappa shape index (κ2) is 5.56. The molecule has 0 spiro atoms. The number of carbonyl (C=O) groups excluding carboxylic acids is 1. The van der Waals surface area contributed by atoms with Gasteiger partial charge in [0.05, 0.1) is 0 Å². The number of rotatable bonds is 4. The molecular weight excluding hydrogens is 242 g/mol. The monoisotopic (exact) mass is 259 g/mol. The van der Waals surface area contributed by atoms with Crippen LogP contribution in [0.2, 0.25) is 0 Å². The molecule has 0 fully saturated rings. The second-order valence-corrected chi connectivity index (χ2v) is 4.66. The lowest BCUT2D eigenvalue weighted by atomic mass is 10.1. The predicted octanol–water partition coefficient (Wildman–Crippen LogP) is 2.31. The van der Waals surface area contributed by atoms with Gasteiger partial charge in [-0.05, 0) is 31.5 Å². The van der Waals surface area contributed by atoms with Gasteiger partial charge < -0.3 is 15.2 Å². The number of aromatic nitrogens is 1. The first-order valence-corrected chi connectivity index (χ1v) is 6.13. The molecule has 0 aliphatic carbocycles. The summed E-state index contributed by atoms with van der Waals surface area (Å²) in [6.45, 7) is 4.42. The molecule has 0 unspecified atom stereocenters. The van der Waals surface area contributed by atoms with E-state index in [9.17, 15) is 4.79 Å². The van der Waals surface area contributed by atoms with Crippen molar-refractivity contribution in [3.8, 4) is 0 Å². The van der Waals surface area contributed by atoms with Gasteiger partial charge in [0, 0.05) is 24.3 Å². The van der Waals surface area contributed by atoms with E-state index in [0.29, 0.717) is 17.9 Å². The smallest absolute Gasteiger partial charge is 0.276 e. The summed E-state index contributed by atoms with van der Waals surface area (Å²) in [7, 11) is 0. The summed E-state index contributed by atoms with van der Waals surface area (Å²) >= 11 is 0.